The molecule has 1 fully saturated rings. The van der Waals surface area contributed by atoms with Crippen molar-refractivity contribution in [2.24, 2.45) is 5.41 Å². The van der Waals surface area contributed by atoms with Gasteiger partial charge in [-0.3, -0.25) is 4.79 Å². The molecule has 0 spiro atoms. The number of nitrogens with one attached hydrogen (secondary N) is 1. The first-order valence-corrected chi connectivity index (χ1v) is 11.0. The Balaban J connectivity index is 1.79. The number of β-amino-alcohol motifs (C(OH)–C–C–N with tert-alkyl or cyclic N) is 1. The number of rotatable bonds is 3. The highest BCUT2D eigenvalue weighted by Crippen LogP contribution is 2.38. The van der Waals surface area contributed by atoms with Gasteiger partial charge in [-0.05, 0) is 62.9 Å². The average Bonchev–Trinajstić information content (AvgIpc) is 2.91. The summed E-state index contributed by atoms with van der Waals surface area (Å²) in [7, 11) is -3.24. The smallest absolute Gasteiger partial charge is 0.231 e. The molecule has 0 saturated carbocycles. The van der Waals surface area contributed by atoms with Gasteiger partial charge in [-0.15, -0.1) is 0 Å². The highest BCUT2D eigenvalue weighted by Gasteiger charge is 2.51. The van der Waals surface area contributed by atoms with Crippen LogP contribution in [0.5, 0.6) is 0 Å². The predicted octanol–water partition coefficient (Wildman–Crippen LogP) is 0.768. The van der Waals surface area contributed by atoms with Gasteiger partial charge in [0.15, 0.2) is 9.84 Å². The highest BCUT2D eigenvalue weighted by atomic mass is 32.2. The molecule has 0 radical (unpaired) electrons. The van der Waals surface area contributed by atoms with Crippen molar-refractivity contribution in [3.63, 3.8) is 0 Å². The molecule has 1 atom stereocenters. The number of aliphatic hydroxyl groups is 1. The van der Waals surface area contributed by atoms with Crippen molar-refractivity contribution in [2.75, 3.05) is 32.4 Å². The molecule has 1 saturated heterocycles. The Morgan fingerprint density at radius 3 is 2.46 bits per heavy atom. The summed E-state index contributed by atoms with van der Waals surface area (Å²) in [5.41, 5.74) is 0.173. The van der Waals surface area contributed by atoms with Crippen molar-refractivity contribution in [1.82, 2.24) is 10.2 Å². The Kier molecular flexibility index (Phi) is 4.92. The molecule has 0 aliphatic carbocycles. The molecular weight excluding hydrogens is 352 g/mol. The minimum Gasteiger partial charge on any atom is -0.387 e. The van der Waals surface area contributed by atoms with Crippen LogP contribution in [-0.2, 0) is 27.5 Å². The largest absolute Gasteiger partial charge is 0.387 e. The van der Waals surface area contributed by atoms with Crippen LogP contribution in [-0.4, -0.2) is 62.4 Å². The van der Waals surface area contributed by atoms with E-state index >= 15 is 0 Å². The number of carbonyl (C=O) groups excluding carboxylic acids is 1. The Morgan fingerprint density at radius 1 is 1.23 bits per heavy atom. The number of sulfone groups is 1. The van der Waals surface area contributed by atoms with Gasteiger partial charge >= 0.3 is 0 Å². The maximum absolute atomic E-state index is 13.2. The molecule has 2 aliphatic heterocycles. The Bertz CT molecular complexity index is 811. The standard InChI is InChI=1S/C19H28N2O4S/c1-18(2,19(23)8-9-20-13-19)17(22)21-10-6-14-4-5-16(26(3,24)25)12-15(14)7-11-21/h4-5,12,20,23H,6-11,13H2,1-3H3. The second-order valence-electron chi connectivity index (χ2n) is 8.08. The van der Waals surface area contributed by atoms with Gasteiger partial charge in [0.25, 0.3) is 0 Å². The Labute approximate surface area is 155 Å². The van der Waals surface area contributed by atoms with Crippen LogP contribution < -0.4 is 5.32 Å². The highest BCUT2D eigenvalue weighted by molar-refractivity contribution is 7.90. The fourth-order valence-corrected chi connectivity index (χ4v) is 4.61. The first kappa shape index (κ1) is 19.3. The number of nitrogens with zero attached hydrogens (tertiary/aromatic N) is 1. The van der Waals surface area contributed by atoms with E-state index in [0.29, 0.717) is 50.3 Å². The SMILES string of the molecule is CC(C)(C(=O)N1CCc2ccc(S(C)(=O)=O)cc2CC1)C1(O)CCNC1. The molecule has 0 aromatic heterocycles. The minimum absolute atomic E-state index is 0.0418. The summed E-state index contributed by atoms with van der Waals surface area (Å²) in [4.78, 5) is 15.3. The van der Waals surface area contributed by atoms with Crippen LogP contribution in [0.25, 0.3) is 0 Å². The lowest BCUT2D eigenvalue weighted by Crippen LogP contribution is -2.56. The molecule has 1 amide bonds. The van der Waals surface area contributed by atoms with E-state index in [-0.39, 0.29) is 5.91 Å². The van der Waals surface area contributed by atoms with Crippen LogP contribution in [0.4, 0.5) is 0 Å². The first-order chi connectivity index (χ1) is 12.0. The zero-order valence-electron chi connectivity index (χ0n) is 15.7. The summed E-state index contributed by atoms with van der Waals surface area (Å²) >= 11 is 0. The van der Waals surface area contributed by atoms with Crippen LogP contribution in [0.1, 0.15) is 31.4 Å². The summed E-state index contributed by atoms with van der Waals surface area (Å²) in [6.45, 7) is 5.90. The summed E-state index contributed by atoms with van der Waals surface area (Å²) in [5, 5.41) is 14.1. The van der Waals surface area contributed by atoms with Crippen LogP contribution in [0.2, 0.25) is 0 Å². The summed E-state index contributed by atoms with van der Waals surface area (Å²) < 4.78 is 23.6. The van der Waals surface area contributed by atoms with E-state index < -0.39 is 20.9 Å². The van der Waals surface area contributed by atoms with E-state index in [1.807, 2.05) is 24.8 Å². The van der Waals surface area contributed by atoms with E-state index in [1.165, 1.54) is 6.26 Å². The minimum atomic E-state index is -3.24. The number of hydrogen-bond acceptors (Lipinski definition) is 5. The van der Waals surface area contributed by atoms with Crippen molar-refractivity contribution >= 4 is 15.7 Å². The van der Waals surface area contributed by atoms with Crippen molar-refractivity contribution in [2.45, 2.75) is 43.6 Å². The Morgan fingerprint density at radius 2 is 1.88 bits per heavy atom. The molecule has 6 nitrogen and oxygen atoms in total. The average molecular weight is 381 g/mol. The van der Waals surface area contributed by atoms with E-state index in [0.717, 1.165) is 11.1 Å². The molecule has 0 bridgehead atoms. The number of fused-ring (bicyclic) bond motifs is 1. The fraction of sp³-hybridized carbons (Fsp3) is 0.632. The van der Waals surface area contributed by atoms with Crippen molar-refractivity contribution in [3.05, 3.63) is 29.3 Å². The van der Waals surface area contributed by atoms with Crippen LogP contribution in [0.15, 0.2) is 23.1 Å². The second kappa shape index (κ2) is 6.62. The van der Waals surface area contributed by atoms with Crippen LogP contribution >= 0.6 is 0 Å². The molecule has 2 N–H and O–H groups in total. The van der Waals surface area contributed by atoms with E-state index in [2.05, 4.69) is 5.32 Å². The quantitative estimate of drug-likeness (QED) is 0.809. The second-order valence-corrected chi connectivity index (χ2v) is 10.1. The third kappa shape index (κ3) is 3.40. The van der Waals surface area contributed by atoms with Gasteiger partial charge in [-0.1, -0.05) is 6.07 Å². The lowest BCUT2D eigenvalue weighted by Gasteiger charge is -2.41. The lowest BCUT2D eigenvalue weighted by atomic mass is 9.73. The van der Waals surface area contributed by atoms with Gasteiger partial charge in [0, 0.05) is 25.9 Å². The van der Waals surface area contributed by atoms with Crippen molar-refractivity contribution in [1.29, 1.82) is 0 Å². The molecular formula is C19H28N2O4S. The zero-order chi connectivity index (χ0) is 19.2. The van der Waals surface area contributed by atoms with E-state index in [9.17, 15) is 18.3 Å². The van der Waals surface area contributed by atoms with Gasteiger partial charge in [0.2, 0.25) is 5.91 Å². The molecule has 2 aliphatic rings. The fourth-order valence-electron chi connectivity index (χ4n) is 3.94. The molecule has 1 aromatic rings. The number of hydrogen-bond donors (Lipinski definition) is 2. The topological polar surface area (TPSA) is 86.7 Å². The number of amides is 1. The lowest BCUT2D eigenvalue weighted by molar-refractivity contribution is -0.155. The summed E-state index contributed by atoms with van der Waals surface area (Å²) in [6.07, 6.45) is 3.09. The maximum atomic E-state index is 13.2. The molecule has 1 aromatic carbocycles. The normalized spacial score (nSPS) is 24.2. The third-order valence-electron chi connectivity index (χ3n) is 6.03. The monoisotopic (exact) mass is 380 g/mol. The van der Waals surface area contributed by atoms with Gasteiger partial charge in [-0.2, -0.15) is 0 Å². The van der Waals surface area contributed by atoms with Crippen molar-refractivity contribution in [3.8, 4) is 0 Å². The zero-order valence-corrected chi connectivity index (χ0v) is 16.5. The van der Waals surface area contributed by atoms with Gasteiger partial charge in [0.1, 0.15) is 0 Å². The third-order valence-corrected chi connectivity index (χ3v) is 7.14. The molecule has 7 heteroatoms. The predicted molar refractivity (Wildman–Crippen MR) is 99.8 cm³/mol. The van der Waals surface area contributed by atoms with Crippen molar-refractivity contribution < 1.29 is 18.3 Å². The van der Waals surface area contributed by atoms with Gasteiger partial charge in [-0.25, -0.2) is 8.42 Å². The van der Waals surface area contributed by atoms with Crippen LogP contribution in [0, 0.1) is 5.41 Å². The number of benzene rings is 1. The maximum Gasteiger partial charge on any atom is 0.231 e. The summed E-state index contributed by atoms with van der Waals surface area (Å²) in [6, 6.07) is 5.24. The number of carbonyl (C=O) groups is 1. The van der Waals surface area contributed by atoms with E-state index in [1.54, 1.807) is 12.1 Å². The van der Waals surface area contributed by atoms with Crippen LogP contribution in [0.3, 0.4) is 0 Å². The molecule has 26 heavy (non-hydrogen) atoms. The molecule has 2 heterocycles. The molecule has 1 unspecified atom stereocenters. The summed E-state index contributed by atoms with van der Waals surface area (Å²) in [5.74, 6) is -0.0418. The van der Waals surface area contributed by atoms with E-state index in [4.69, 9.17) is 0 Å². The molecule has 3 rings (SSSR count). The first-order valence-electron chi connectivity index (χ1n) is 9.09. The van der Waals surface area contributed by atoms with Gasteiger partial charge < -0.3 is 15.3 Å². The Hall–Kier alpha value is -1.44. The van der Waals surface area contributed by atoms with Gasteiger partial charge in [0.05, 0.1) is 15.9 Å². The molecule has 144 valence electrons.